The summed E-state index contributed by atoms with van der Waals surface area (Å²) in [4.78, 5) is 38.2. The molecule has 0 aromatic heterocycles. The molecule has 0 fully saturated rings. The van der Waals surface area contributed by atoms with Gasteiger partial charge in [0, 0.05) is 17.7 Å². The Bertz CT molecular complexity index is 1090. The molecule has 0 N–H and O–H groups in total. The lowest BCUT2D eigenvalue weighted by atomic mass is 10.1. The van der Waals surface area contributed by atoms with Gasteiger partial charge in [-0.1, -0.05) is 12.1 Å². The molecule has 0 saturated heterocycles. The molecule has 0 unspecified atom stereocenters. The molecular weight excluding hydrogens is 408 g/mol. The molecule has 2 aromatic rings. The van der Waals surface area contributed by atoms with Gasteiger partial charge in [-0.05, 0) is 36.8 Å². The quantitative estimate of drug-likeness (QED) is 0.273. The lowest BCUT2D eigenvalue weighted by Crippen LogP contribution is -2.14. The van der Waals surface area contributed by atoms with Crippen molar-refractivity contribution in [3.05, 3.63) is 69.4 Å². The summed E-state index contributed by atoms with van der Waals surface area (Å²) in [5.41, 5.74) is 0.753. The minimum absolute atomic E-state index is 0.0174. The Balaban J connectivity index is 1.82. The Labute approximate surface area is 176 Å². The average Bonchev–Trinajstić information content (AvgIpc) is 3.13. The standard InChI is InChI=1S/C21H18N2O8/c1-3-29-19(24)12-30-17-8-7-13(10-18(17)28-2)9-16-21(25)31-20(22-16)14-5-4-6-15(11-14)23(26)27/h4-11H,3,12H2,1-2H3/b16-9-. The van der Waals surface area contributed by atoms with E-state index in [9.17, 15) is 19.7 Å². The molecule has 31 heavy (non-hydrogen) atoms. The molecule has 2 aromatic carbocycles. The van der Waals surface area contributed by atoms with Gasteiger partial charge in [0.2, 0.25) is 5.90 Å². The highest BCUT2D eigenvalue weighted by Crippen LogP contribution is 2.30. The van der Waals surface area contributed by atoms with E-state index in [-0.39, 0.29) is 30.5 Å². The number of hydrogen-bond acceptors (Lipinski definition) is 9. The van der Waals surface area contributed by atoms with Crippen molar-refractivity contribution in [1.29, 1.82) is 0 Å². The first kappa shape index (κ1) is 21.5. The number of esters is 2. The zero-order valence-electron chi connectivity index (χ0n) is 16.7. The number of carbonyl (C=O) groups is 2. The zero-order chi connectivity index (χ0) is 22.4. The van der Waals surface area contributed by atoms with E-state index in [1.54, 1.807) is 31.2 Å². The molecule has 0 radical (unpaired) electrons. The minimum atomic E-state index is -0.692. The van der Waals surface area contributed by atoms with Gasteiger partial charge in [0.25, 0.3) is 5.69 Å². The predicted octanol–water partition coefficient (Wildman–Crippen LogP) is 2.89. The van der Waals surface area contributed by atoms with Crippen LogP contribution in [0.5, 0.6) is 11.5 Å². The van der Waals surface area contributed by atoms with Crippen LogP contribution < -0.4 is 9.47 Å². The molecule has 160 valence electrons. The van der Waals surface area contributed by atoms with E-state index < -0.39 is 16.9 Å². The molecule has 10 nitrogen and oxygen atoms in total. The maximum Gasteiger partial charge on any atom is 0.363 e. The fourth-order valence-corrected chi connectivity index (χ4v) is 2.68. The second-order valence-corrected chi connectivity index (χ2v) is 6.15. The Kier molecular flexibility index (Phi) is 6.61. The summed E-state index contributed by atoms with van der Waals surface area (Å²) in [5, 5.41) is 10.9. The van der Waals surface area contributed by atoms with Gasteiger partial charge in [0.05, 0.1) is 18.6 Å². The number of nitrogens with zero attached hydrogens (tertiary/aromatic N) is 2. The third kappa shape index (κ3) is 5.24. The first-order valence-corrected chi connectivity index (χ1v) is 9.15. The first-order valence-electron chi connectivity index (χ1n) is 9.15. The second kappa shape index (κ2) is 9.53. The summed E-state index contributed by atoms with van der Waals surface area (Å²) < 4.78 is 20.6. The van der Waals surface area contributed by atoms with Gasteiger partial charge in [-0.25, -0.2) is 14.6 Å². The number of methoxy groups -OCH3 is 1. The smallest absolute Gasteiger partial charge is 0.363 e. The molecule has 0 aliphatic carbocycles. The van der Waals surface area contributed by atoms with E-state index in [1.807, 2.05) is 0 Å². The third-order valence-electron chi connectivity index (χ3n) is 4.07. The fraction of sp³-hybridized carbons (Fsp3) is 0.190. The van der Waals surface area contributed by atoms with Crippen LogP contribution in [0.1, 0.15) is 18.1 Å². The van der Waals surface area contributed by atoms with E-state index in [1.165, 1.54) is 31.4 Å². The van der Waals surface area contributed by atoms with Gasteiger partial charge < -0.3 is 18.9 Å². The van der Waals surface area contributed by atoms with Gasteiger partial charge in [-0.2, -0.15) is 0 Å². The van der Waals surface area contributed by atoms with Gasteiger partial charge in [0.15, 0.2) is 23.8 Å². The van der Waals surface area contributed by atoms with Crippen LogP contribution in [0.4, 0.5) is 5.69 Å². The molecular formula is C21H18N2O8. The van der Waals surface area contributed by atoms with Gasteiger partial charge in [0.1, 0.15) is 0 Å². The van der Waals surface area contributed by atoms with Gasteiger partial charge in [-0.3, -0.25) is 10.1 Å². The van der Waals surface area contributed by atoms with Crippen molar-refractivity contribution in [2.75, 3.05) is 20.3 Å². The van der Waals surface area contributed by atoms with Crippen LogP contribution >= 0.6 is 0 Å². The highest BCUT2D eigenvalue weighted by molar-refractivity contribution is 6.13. The van der Waals surface area contributed by atoms with E-state index in [4.69, 9.17) is 18.9 Å². The highest BCUT2D eigenvalue weighted by Gasteiger charge is 2.25. The monoisotopic (exact) mass is 426 g/mol. The van der Waals surface area contributed by atoms with Crippen molar-refractivity contribution < 1.29 is 33.5 Å². The first-order chi connectivity index (χ1) is 14.9. The number of benzene rings is 2. The average molecular weight is 426 g/mol. The molecule has 10 heteroatoms. The molecule has 1 aliphatic rings. The highest BCUT2D eigenvalue weighted by atomic mass is 16.6. The molecule has 0 spiro atoms. The number of non-ortho nitro benzene ring substituents is 1. The summed E-state index contributed by atoms with van der Waals surface area (Å²) in [5.74, 6) is -0.558. The van der Waals surface area contributed by atoms with Crippen molar-refractivity contribution in [3.63, 3.8) is 0 Å². The molecule has 0 bridgehead atoms. The number of carbonyl (C=O) groups excluding carboxylic acids is 2. The van der Waals surface area contributed by atoms with Crippen LogP contribution in [0, 0.1) is 10.1 Å². The molecule has 0 amide bonds. The zero-order valence-corrected chi connectivity index (χ0v) is 16.7. The Morgan fingerprint density at radius 3 is 2.74 bits per heavy atom. The van der Waals surface area contributed by atoms with E-state index in [0.717, 1.165) is 0 Å². The largest absolute Gasteiger partial charge is 0.493 e. The Morgan fingerprint density at radius 1 is 1.23 bits per heavy atom. The minimum Gasteiger partial charge on any atom is -0.493 e. The maximum atomic E-state index is 12.2. The van der Waals surface area contributed by atoms with Gasteiger partial charge in [-0.15, -0.1) is 0 Å². The Hall–Kier alpha value is -4.21. The molecule has 0 atom stereocenters. The van der Waals surface area contributed by atoms with Crippen LogP contribution in [-0.4, -0.2) is 43.1 Å². The predicted molar refractivity (Wildman–Crippen MR) is 109 cm³/mol. The summed E-state index contributed by atoms with van der Waals surface area (Å²) in [6.07, 6.45) is 1.48. The number of aliphatic imine (C=N–C) groups is 1. The summed E-state index contributed by atoms with van der Waals surface area (Å²) in [6, 6.07) is 10.5. The lowest BCUT2D eigenvalue weighted by Gasteiger charge is -2.10. The van der Waals surface area contributed by atoms with Crippen LogP contribution in [0.25, 0.3) is 6.08 Å². The topological polar surface area (TPSA) is 127 Å². The maximum absolute atomic E-state index is 12.2. The number of hydrogen-bond donors (Lipinski definition) is 0. The second-order valence-electron chi connectivity index (χ2n) is 6.15. The Morgan fingerprint density at radius 2 is 2.03 bits per heavy atom. The number of nitro groups is 1. The lowest BCUT2D eigenvalue weighted by molar-refractivity contribution is -0.384. The SMILES string of the molecule is CCOC(=O)COc1ccc(/C=C2\N=C(c3cccc([N+](=O)[O-])c3)OC2=O)cc1OC. The van der Waals surface area contributed by atoms with E-state index in [2.05, 4.69) is 4.99 Å². The normalized spacial score (nSPS) is 14.1. The number of rotatable bonds is 8. The van der Waals surface area contributed by atoms with Crippen LogP contribution in [0.3, 0.4) is 0 Å². The number of cyclic esters (lactones) is 1. The fourth-order valence-electron chi connectivity index (χ4n) is 2.68. The van der Waals surface area contributed by atoms with Crippen molar-refractivity contribution in [3.8, 4) is 11.5 Å². The van der Waals surface area contributed by atoms with E-state index >= 15 is 0 Å². The van der Waals surface area contributed by atoms with Crippen molar-refractivity contribution in [2.24, 2.45) is 4.99 Å². The molecule has 1 aliphatic heterocycles. The summed E-state index contributed by atoms with van der Waals surface area (Å²) >= 11 is 0. The van der Waals surface area contributed by atoms with Crippen LogP contribution in [0.15, 0.2) is 53.2 Å². The van der Waals surface area contributed by atoms with E-state index in [0.29, 0.717) is 22.6 Å². The van der Waals surface area contributed by atoms with Crippen molar-refractivity contribution in [2.45, 2.75) is 6.92 Å². The van der Waals surface area contributed by atoms with Crippen LogP contribution in [0.2, 0.25) is 0 Å². The summed E-state index contributed by atoms with van der Waals surface area (Å²) in [6.45, 7) is 1.68. The molecule has 0 saturated carbocycles. The third-order valence-corrected chi connectivity index (χ3v) is 4.07. The van der Waals surface area contributed by atoms with Crippen molar-refractivity contribution >= 4 is 29.6 Å². The van der Waals surface area contributed by atoms with Gasteiger partial charge >= 0.3 is 11.9 Å². The van der Waals surface area contributed by atoms with Crippen molar-refractivity contribution in [1.82, 2.24) is 0 Å². The molecule has 3 rings (SSSR count). The molecule has 1 heterocycles. The number of ether oxygens (including phenoxy) is 4. The summed E-state index contributed by atoms with van der Waals surface area (Å²) in [7, 11) is 1.44. The van der Waals surface area contributed by atoms with Crippen LogP contribution in [-0.2, 0) is 19.1 Å². The number of nitro benzene ring substituents is 1.